The summed E-state index contributed by atoms with van der Waals surface area (Å²) in [5.74, 6) is -0.849. The number of hydrogen-bond donors (Lipinski definition) is 3. The Morgan fingerprint density at radius 2 is 2.16 bits per heavy atom. The van der Waals surface area contributed by atoms with Gasteiger partial charge in [-0.15, -0.1) is 0 Å². The lowest BCUT2D eigenvalue weighted by Crippen LogP contribution is -2.35. The van der Waals surface area contributed by atoms with Gasteiger partial charge in [0.05, 0.1) is 17.1 Å². The molecule has 19 heavy (non-hydrogen) atoms. The van der Waals surface area contributed by atoms with E-state index >= 15 is 0 Å². The van der Waals surface area contributed by atoms with Crippen molar-refractivity contribution in [3.63, 3.8) is 0 Å². The smallest absolute Gasteiger partial charge is 0.337 e. The summed E-state index contributed by atoms with van der Waals surface area (Å²) < 4.78 is 23.0. The first kappa shape index (κ1) is 13.7. The Hall–Kier alpha value is -1.76. The molecule has 7 heteroatoms. The zero-order valence-corrected chi connectivity index (χ0v) is 11.3. The van der Waals surface area contributed by atoms with Crippen molar-refractivity contribution in [3.8, 4) is 0 Å². The molecule has 2 rings (SSSR count). The predicted molar refractivity (Wildman–Crippen MR) is 73.1 cm³/mol. The molecule has 0 spiro atoms. The normalized spacial score (nSPS) is 25.1. The highest BCUT2D eigenvalue weighted by Gasteiger charge is 2.38. The maximum atomic E-state index is 11.5. The van der Waals surface area contributed by atoms with E-state index in [1.165, 1.54) is 12.1 Å². The fraction of sp³-hybridized carbons (Fsp3) is 0.417. The Labute approximate surface area is 111 Å². The van der Waals surface area contributed by atoms with Crippen LogP contribution in [0, 0.1) is 0 Å². The first-order valence-corrected chi connectivity index (χ1v) is 7.64. The number of carboxylic acids is 1. The number of hydrogen-bond acceptors (Lipinski definition) is 5. The van der Waals surface area contributed by atoms with Gasteiger partial charge in [-0.2, -0.15) is 0 Å². The molecule has 0 radical (unpaired) electrons. The van der Waals surface area contributed by atoms with Gasteiger partial charge in [0.2, 0.25) is 0 Å². The van der Waals surface area contributed by atoms with Crippen LogP contribution in [-0.2, 0) is 9.84 Å². The summed E-state index contributed by atoms with van der Waals surface area (Å²) in [6.07, 6.45) is 0.524. The van der Waals surface area contributed by atoms with Gasteiger partial charge in [0.25, 0.3) is 0 Å². The van der Waals surface area contributed by atoms with E-state index in [0.29, 0.717) is 12.1 Å². The molecule has 0 amide bonds. The first-order chi connectivity index (χ1) is 8.71. The van der Waals surface area contributed by atoms with Crippen molar-refractivity contribution < 1.29 is 18.3 Å². The molecule has 1 unspecified atom stereocenters. The summed E-state index contributed by atoms with van der Waals surface area (Å²) in [6.45, 7) is 1.83. The number of nitrogen functional groups attached to an aromatic ring is 1. The summed E-state index contributed by atoms with van der Waals surface area (Å²) in [6, 6.07) is 4.52. The van der Waals surface area contributed by atoms with Crippen LogP contribution in [0.3, 0.4) is 0 Å². The van der Waals surface area contributed by atoms with Crippen molar-refractivity contribution in [2.45, 2.75) is 18.9 Å². The average molecular weight is 284 g/mol. The van der Waals surface area contributed by atoms with Gasteiger partial charge in [-0.25, -0.2) is 13.2 Å². The third-order valence-electron chi connectivity index (χ3n) is 3.23. The van der Waals surface area contributed by atoms with Crippen molar-refractivity contribution in [1.82, 2.24) is 0 Å². The summed E-state index contributed by atoms with van der Waals surface area (Å²) in [7, 11) is -2.99. The zero-order chi connectivity index (χ0) is 14.3. The number of rotatable bonds is 3. The summed E-state index contributed by atoms with van der Waals surface area (Å²) in [5, 5.41) is 12.0. The van der Waals surface area contributed by atoms with E-state index in [0.717, 1.165) is 0 Å². The van der Waals surface area contributed by atoms with E-state index in [9.17, 15) is 13.2 Å². The Balaban J connectivity index is 2.21. The molecule has 1 aliphatic heterocycles. The number of sulfone groups is 1. The topological polar surface area (TPSA) is 109 Å². The third-order valence-corrected chi connectivity index (χ3v) is 5.13. The Morgan fingerprint density at radius 1 is 1.47 bits per heavy atom. The monoisotopic (exact) mass is 284 g/mol. The molecule has 6 nitrogen and oxygen atoms in total. The maximum Gasteiger partial charge on any atom is 0.337 e. The van der Waals surface area contributed by atoms with Crippen LogP contribution in [0.4, 0.5) is 11.4 Å². The van der Waals surface area contributed by atoms with Gasteiger partial charge in [0.15, 0.2) is 9.84 Å². The Bertz CT molecular complexity index is 627. The van der Waals surface area contributed by atoms with E-state index in [1.807, 2.05) is 6.92 Å². The molecule has 1 heterocycles. The summed E-state index contributed by atoms with van der Waals surface area (Å²) in [5.41, 5.74) is 5.94. The van der Waals surface area contributed by atoms with Gasteiger partial charge < -0.3 is 16.2 Å². The van der Waals surface area contributed by atoms with Gasteiger partial charge in [0.1, 0.15) is 0 Å². The summed E-state index contributed by atoms with van der Waals surface area (Å²) >= 11 is 0. The van der Waals surface area contributed by atoms with Crippen LogP contribution in [0.5, 0.6) is 0 Å². The number of carbonyl (C=O) groups is 1. The predicted octanol–water partition coefficient (Wildman–Crippen LogP) is 0.956. The lowest BCUT2D eigenvalue weighted by molar-refractivity contribution is 0.0698. The van der Waals surface area contributed by atoms with E-state index in [1.54, 1.807) is 6.07 Å². The van der Waals surface area contributed by atoms with Gasteiger partial charge >= 0.3 is 5.97 Å². The molecule has 1 atom stereocenters. The van der Waals surface area contributed by atoms with Crippen LogP contribution in [0.2, 0.25) is 0 Å². The molecule has 1 saturated heterocycles. The molecule has 1 aromatic carbocycles. The Kier molecular flexibility index (Phi) is 3.17. The number of benzene rings is 1. The molecule has 104 valence electrons. The van der Waals surface area contributed by atoms with E-state index < -0.39 is 21.3 Å². The molecule has 0 saturated carbocycles. The van der Waals surface area contributed by atoms with E-state index in [2.05, 4.69) is 5.32 Å². The van der Waals surface area contributed by atoms with Crippen LogP contribution in [0.1, 0.15) is 23.7 Å². The molecule has 0 aliphatic carbocycles. The fourth-order valence-electron chi connectivity index (χ4n) is 2.29. The minimum Gasteiger partial charge on any atom is -0.478 e. The SMILES string of the molecule is CC1(Nc2ccc(C(=O)O)c(N)c2)CCS(=O)(=O)C1. The molecular formula is C12H16N2O4S. The van der Waals surface area contributed by atoms with Crippen LogP contribution in [0.25, 0.3) is 0 Å². The van der Waals surface area contributed by atoms with Crippen LogP contribution < -0.4 is 11.1 Å². The highest BCUT2D eigenvalue weighted by molar-refractivity contribution is 7.91. The third kappa shape index (κ3) is 2.98. The standard InChI is InChI=1S/C12H16N2O4S/c1-12(4-5-19(17,18)7-12)14-8-2-3-9(11(15)16)10(13)6-8/h2-3,6,14H,4-5,7,13H2,1H3,(H,15,16). The van der Waals surface area contributed by atoms with Crippen molar-refractivity contribution in [2.24, 2.45) is 0 Å². The zero-order valence-electron chi connectivity index (χ0n) is 10.5. The van der Waals surface area contributed by atoms with E-state index in [4.69, 9.17) is 10.8 Å². The molecule has 0 aromatic heterocycles. The molecule has 0 bridgehead atoms. The highest BCUT2D eigenvalue weighted by Crippen LogP contribution is 2.28. The lowest BCUT2D eigenvalue weighted by Gasteiger charge is -2.25. The largest absolute Gasteiger partial charge is 0.478 e. The maximum absolute atomic E-state index is 11.5. The second-order valence-corrected chi connectivity index (χ2v) is 7.32. The van der Waals surface area contributed by atoms with Gasteiger partial charge in [-0.1, -0.05) is 0 Å². The number of nitrogens with one attached hydrogen (secondary N) is 1. The minimum atomic E-state index is -2.99. The molecule has 1 fully saturated rings. The second-order valence-electron chi connectivity index (χ2n) is 5.13. The van der Waals surface area contributed by atoms with Gasteiger partial charge in [-0.3, -0.25) is 0 Å². The first-order valence-electron chi connectivity index (χ1n) is 5.82. The van der Waals surface area contributed by atoms with Crippen molar-refractivity contribution >= 4 is 27.2 Å². The van der Waals surface area contributed by atoms with Crippen molar-refractivity contribution in [3.05, 3.63) is 23.8 Å². The quantitative estimate of drug-likeness (QED) is 0.713. The van der Waals surface area contributed by atoms with Gasteiger partial charge in [0, 0.05) is 16.9 Å². The highest BCUT2D eigenvalue weighted by atomic mass is 32.2. The molecule has 1 aliphatic rings. The summed E-state index contributed by atoms with van der Waals surface area (Å²) in [4.78, 5) is 10.8. The van der Waals surface area contributed by atoms with Crippen molar-refractivity contribution in [1.29, 1.82) is 0 Å². The Morgan fingerprint density at radius 3 is 2.63 bits per heavy atom. The van der Waals surface area contributed by atoms with E-state index in [-0.39, 0.29) is 22.8 Å². The number of nitrogens with two attached hydrogens (primary N) is 1. The van der Waals surface area contributed by atoms with Gasteiger partial charge in [-0.05, 0) is 31.5 Å². The fourth-order valence-corrected chi connectivity index (χ4v) is 4.39. The number of carboxylic acid groups (broad SMARTS) is 1. The van der Waals surface area contributed by atoms with Crippen LogP contribution in [0.15, 0.2) is 18.2 Å². The molecule has 4 N–H and O–H groups in total. The lowest BCUT2D eigenvalue weighted by atomic mass is 10.0. The number of aromatic carboxylic acids is 1. The molecular weight excluding hydrogens is 268 g/mol. The van der Waals surface area contributed by atoms with Crippen LogP contribution in [-0.4, -0.2) is 36.5 Å². The van der Waals surface area contributed by atoms with Crippen LogP contribution >= 0.6 is 0 Å². The second kappa shape index (κ2) is 4.41. The number of anilines is 2. The average Bonchev–Trinajstić information content (AvgIpc) is 2.52. The van der Waals surface area contributed by atoms with Crippen molar-refractivity contribution in [2.75, 3.05) is 22.6 Å². The molecule has 1 aromatic rings. The minimum absolute atomic E-state index is 0.0368.